The first-order valence-corrected chi connectivity index (χ1v) is 10.0. The van der Waals surface area contributed by atoms with Crippen molar-refractivity contribution < 1.29 is 22.7 Å². The SMILES string of the molecule is CCOC(=O)c1cn[nH]c1S(=O)(=O)N1CCCCC1CNC(=O)CCN.Cl. The lowest BCUT2D eigenvalue weighted by atomic mass is 10.1. The second-order valence-corrected chi connectivity index (χ2v) is 7.77. The van der Waals surface area contributed by atoms with Gasteiger partial charge in [0.25, 0.3) is 10.0 Å². The lowest BCUT2D eigenvalue weighted by Crippen LogP contribution is -2.49. The second-order valence-electron chi connectivity index (χ2n) is 5.94. The van der Waals surface area contributed by atoms with Gasteiger partial charge in [-0.15, -0.1) is 12.4 Å². The first-order valence-electron chi connectivity index (χ1n) is 8.60. The number of nitrogens with one attached hydrogen (secondary N) is 2. The monoisotopic (exact) mass is 423 g/mol. The minimum Gasteiger partial charge on any atom is -0.462 e. The van der Waals surface area contributed by atoms with Crippen LogP contribution in [0, 0.1) is 0 Å². The molecule has 1 aliphatic heterocycles. The number of rotatable bonds is 8. The zero-order valence-electron chi connectivity index (χ0n) is 15.1. The number of aromatic nitrogens is 2. The molecule has 1 amide bonds. The van der Waals surface area contributed by atoms with Gasteiger partial charge in [0.1, 0.15) is 5.56 Å². The van der Waals surface area contributed by atoms with Crippen LogP contribution in [0.5, 0.6) is 0 Å². The molecule has 1 aliphatic rings. The topological polar surface area (TPSA) is 147 Å². The molecular formula is C15H26ClN5O5S. The molecule has 0 saturated carbocycles. The van der Waals surface area contributed by atoms with Gasteiger partial charge in [-0.2, -0.15) is 9.40 Å². The van der Waals surface area contributed by atoms with E-state index in [0.717, 1.165) is 12.6 Å². The molecule has 1 saturated heterocycles. The van der Waals surface area contributed by atoms with E-state index in [1.54, 1.807) is 6.92 Å². The van der Waals surface area contributed by atoms with Gasteiger partial charge in [0.05, 0.1) is 12.8 Å². The van der Waals surface area contributed by atoms with Crippen molar-refractivity contribution in [2.75, 3.05) is 26.2 Å². The highest BCUT2D eigenvalue weighted by molar-refractivity contribution is 7.89. The summed E-state index contributed by atoms with van der Waals surface area (Å²) in [5, 5.41) is 8.53. The predicted octanol–water partition coefficient (Wildman–Crippen LogP) is 0.0164. The smallest absolute Gasteiger partial charge is 0.342 e. The van der Waals surface area contributed by atoms with Crippen molar-refractivity contribution in [2.24, 2.45) is 5.73 Å². The second kappa shape index (κ2) is 10.6. The first-order chi connectivity index (χ1) is 12.4. The Morgan fingerprint density at radius 3 is 2.85 bits per heavy atom. The van der Waals surface area contributed by atoms with Gasteiger partial charge in [-0.25, -0.2) is 13.2 Å². The number of halogens is 1. The van der Waals surface area contributed by atoms with Gasteiger partial charge in [0.15, 0.2) is 5.03 Å². The number of nitrogens with two attached hydrogens (primary N) is 1. The van der Waals surface area contributed by atoms with Crippen molar-refractivity contribution in [3.8, 4) is 0 Å². The fraction of sp³-hybridized carbons (Fsp3) is 0.667. The average molecular weight is 424 g/mol. The Kier molecular flexibility index (Phi) is 9.16. The molecule has 0 spiro atoms. The Labute approximate surface area is 164 Å². The highest BCUT2D eigenvalue weighted by Gasteiger charge is 2.37. The number of sulfonamides is 1. The molecule has 1 aromatic rings. The van der Waals surface area contributed by atoms with Crippen LogP contribution in [-0.2, 0) is 19.6 Å². The number of amides is 1. The van der Waals surface area contributed by atoms with Crippen molar-refractivity contribution in [1.82, 2.24) is 19.8 Å². The number of hydrogen-bond donors (Lipinski definition) is 3. The molecule has 2 rings (SSSR count). The molecule has 1 fully saturated rings. The number of hydrogen-bond acceptors (Lipinski definition) is 7. The van der Waals surface area contributed by atoms with Gasteiger partial charge >= 0.3 is 5.97 Å². The Bertz CT molecular complexity index is 739. The molecular weight excluding hydrogens is 398 g/mol. The quantitative estimate of drug-likeness (QED) is 0.499. The fourth-order valence-electron chi connectivity index (χ4n) is 2.89. The van der Waals surface area contributed by atoms with Crippen LogP contribution in [0.3, 0.4) is 0 Å². The Hall–Kier alpha value is -1.69. The molecule has 4 N–H and O–H groups in total. The van der Waals surface area contributed by atoms with Crippen LogP contribution in [-0.4, -0.2) is 67.1 Å². The maximum absolute atomic E-state index is 13.1. The summed E-state index contributed by atoms with van der Waals surface area (Å²) in [6.45, 7) is 2.50. The average Bonchev–Trinajstić information content (AvgIpc) is 3.11. The number of carbonyl (C=O) groups excluding carboxylic acids is 2. The van der Waals surface area contributed by atoms with E-state index in [2.05, 4.69) is 15.5 Å². The van der Waals surface area contributed by atoms with E-state index >= 15 is 0 Å². The fourth-order valence-corrected chi connectivity index (χ4v) is 4.65. The van der Waals surface area contributed by atoms with E-state index in [9.17, 15) is 18.0 Å². The molecule has 0 bridgehead atoms. The Morgan fingerprint density at radius 1 is 1.44 bits per heavy atom. The number of nitrogens with zero attached hydrogens (tertiary/aromatic N) is 2. The normalized spacial score (nSPS) is 17.8. The van der Waals surface area contributed by atoms with Crippen LogP contribution in [0.4, 0.5) is 0 Å². The van der Waals surface area contributed by atoms with Gasteiger partial charge in [-0.3, -0.25) is 9.89 Å². The van der Waals surface area contributed by atoms with Crippen LogP contribution in [0.1, 0.15) is 43.0 Å². The highest BCUT2D eigenvalue weighted by Crippen LogP contribution is 2.26. The summed E-state index contributed by atoms with van der Waals surface area (Å²) < 4.78 is 32.4. The molecule has 0 radical (unpaired) electrons. The molecule has 0 aromatic carbocycles. The third kappa shape index (κ3) is 5.64. The number of aromatic amines is 1. The summed E-state index contributed by atoms with van der Waals surface area (Å²) in [6.07, 6.45) is 3.51. The molecule has 1 unspecified atom stereocenters. The van der Waals surface area contributed by atoms with Gasteiger partial charge in [0, 0.05) is 32.1 Å². The van der Waals surface area contributed by atoms with E-state index < -0.39 is 22.0 Å². The number of H-pyrrole nitrogens is 1. The lowest BCUT2D eigenvalue weighted by molar-refractivity contribution is -0.121. The summed E-state index contributed by atoms with van der Waals surface area (Å²) in [7, 11) is -3.98. The zero-order chi connectivity index (χ0) is 19.2. The third-order valence-electron chi connectivity index (χ3n) is 4.15. The molecule has 27 heavy (non-hydrogen) atoms. The van der Waals surface area contributed by atoms with Crippen molar-refractivity contribution in [3.05, 3.63) is 11.8 Å². The molecule has 2 heterocycles. The van der Waals surface area contributed by atoms with Gasteiger partial charge in [-0.1, -0.05) is 6.42 Å². The van der Waals surface area contributed by atoms with Crippen LogP contribution in [0.2, 0.25) is 0 Å². The van der Waals surface area contributed by atoms with E-state index in [-0.39, 0.29) is 55.0 Å². The van der Waals surface area contributed by atoms with Crippen molar-refractivity contribution in [2.45, 2.75) is 43.7 Å². The molecule has 1 atom stereocenters. The zero-order valence-corrected chi connectivity index (χ0v) is 16.8. The van der Waals surface area contributed by atoms with Crippen LogP contribution < -0.4 is 11.1 Å². The van der Waals surface area contributed by atoms with Gasteiger partial charge in [0.2, 0.25) is 5.91 Å². The van der Waals surface area contributed by atoms with E-state index in [0.29, 0.717) is 19.4 Å². The van der Waals surface area contributed by atoms with Crippen LogP contribution in [0.15, 0.2) is 11.2 Å². The number of piperidine rings is 1. The Morgan fingerprint density at radius 2 is 2.19 bits per heavy atom. The van der Waals surface area contributed by atoms with Gasteiger partial charge < -0.3 is 15.8 Å². The third-order valence-corrected chi connectivity index (χ3v) is 6.07. The number of ether oxygens (including phenoxy) is 1. The molecule has 154 valence electrons. The molecule has 12 heteroatoms. The van der Waals surface area contributed by atoms with Crippen molar-refractivity contribution in [3.63, 3.8) is 0 Å². The minimum absolute atomic E-state index is 0. The summed E-state index contributed by atoms with van der Waals surface area (Å²) >= 11 is 0. The molecule has 1 aromatic heterocycles. The maximum atomic E-state index is 13.1. The van der Waals surface area contributed by atoms with E-state index in [4.69, 9.17) is 10.5 Å². The summed E-state index contributed by atoms with van der Waals surface area (Å²) in [5.41, 5.74) is 5.22. The summed E-state index contributed by atoms with van der Waals surface area (Å²) in [6, 6.07) is -0.395. The first kappa shape index (κ1) is 23.3. The maximum Gasteiger partial charge on any atom is 0.342 e. The molecule has 10 nitrogen and oxygen atoms in total. The number of esters is 1. The van der Waals surface area contributed by atoms with Crippen molar-refractivity contribution in [1.29, 1.82) is 0 Å². The van der Waals surface area contributed by atoms with Crippen molar-refractivity contribution >= 4 is 34.3 Å². The van der Waals surface area contributed by atoms with Crippen LogP contribution >= 0.6 is 12.4 Å². The summed E-state index contributed by atoms with van der Waals surface area (Å²) in [4.78, 5) is 23.6. The van der Waals surface area contributed by atoms with Gasteiger partial charge in [-0.05, 0) is 19.8 Å². The highest BCUT2D eigenvalue weighted by atomic mass is 35.5. The largest absolute Gasteiger partial charge is 0.462 e. The predicted molar refractivity (Wildman–Crippen MR) is 100 cm³/mol. The standard InChI is InChI=1S/C15H25N5O5S.ClH/c1-2-25-15(22)12-10-18-19-14(12)26(23,24)20-8-4-3-5-11(20)9-17-13(21)6-7-16;/h10-11H,2-9,16H2,1H3,(H,17,21)(H,18,19);1H. The van der Waals surface area contributed by atoms with E-state index in [1.165, 1.54) is 4.31 Å². The lowest BCUT2D eigenvalue weighted by Gasteiger charge is -2.34. The van der Waals surface area contributed by atoms with E-state index in [1.807, 2.05) is 0 Å². The van der Waals surface area contributed by atoms with Crippen LogP contribution in [0.25, 0.3) is 0 Å². The minimum atomic E-state index is -3.98. The number of carbonyl (C=O) groups is 2. The molecule has 0 aliphatic carbocycles. The Balaban J connectivity index is 0.00000364. The summed E-state index contributed by atoms with van der Waals surface area (Å²) in [5.74, 6) is -0.964.